The molecule has 0 aliphatic carbocycles. The Kier molecular flexibility index (Phi) is 6.96. The zero-order chi connectivity index (χ0) is 18.9. The zero-order valence-electron chi connectivity index (χ0n) is 14.7. The van der Waals surface area contributed by atoms with Crippen LogP contribution in [-0.2, 0) is 16.0 Å². The lowest BCUT2D eigenvalue weighted by Crippen LogP contribution is -2.29. The van der Waals surface area contributed by atoms with Gasteiger partial charge in [-0.15, -0.1) is 0 Å². The lowest BCUT2D eigenvalue weighted by Gasteiger charge is -2.10. The monoisotopic (exact) mass is 360 g/mol. The summed E-state index contributed by atoms with van der Waals surface area (Å²) in [5.41, 5.74) is 1.01. The van der Waals surface area contributed by atoms with Crippen molar-refractivity contribution in [1.29, 1.82) is 0 Å². The van der Waals surface area contributed by atoms with E-state index >= 15 is 0 Å². The molecule has 6 nitrogen and oxygen atoms in total. The van der Waals surface area contributed by atoms with Gasteiger partial charge < -0.3 is 20.1 Å². The summed E-state index contributed by atoms with van der Waals surface area (Å²) in [4.78, 5) is 23.6. The van der Waals surface area contributed by atoms with E-state index in [0.717, 1.165) is 5.56 Å². The first-order valence-electron chi connectivity index (χ1n) is 8.05. The Morgan fingerprint density at radius 2 is 1.73 bits per heavy atom. The number of halogens is 1. The molecule has 2 N–H and O–H groups in total. The van der Waals surface area contributed by atoms with E-state index in [1.54, 1.807) is 26.4 Å². The van der Waals surface area contributed by atoms with Gasteiger partial charge in [0.2, 0.25) is 11.8 Å². The van der Waals surface area contributed by atoms with Gasteiger partial charge in [-0.3, -0.25) is 9.59 Å². The molecule has 0 atom stereocenters. The Balaban J connectivity index is 1.78. The summed E-state index contributed by atoms with van der Waals surface area (Å²) in [7, 11) is 3.11. The molecule has 0 unspecified atom stereocenters. The maximum Gasteiger partial charge on any atom is 0.233 e. The van der Waals surface area contributed by atoms with Gasteiger partial charge in [0.15, 0.2) is 11.5 Å². The molecular formula is C19H21FN2O4. The molecule has 0 radical (unpaired) electrons. The van der Waals surface area contributed by atoms with Gasteiger partial charge in [-0.1, -0.05) is 18.2 Å². The minimum absolute atomic E-state index is 0.0515. The van der Waals surface area contributed by atoms with E-state index in [4.69, 9.17) is 9.47 Å². The van der Waals surface area contributed by atoms with Gasteiger partial charge in [-0.25, -0.2) is 4.39 Å². The summed E-state index contributed by atoms with van der Waals surface area (Å²) >= 11 is 0. The van der Waals surface area contributed by atoms with E-state index in [1.807, 2.05) is 12.1 Å². The number of ether oxygens (including phenoxy) is 2. The average Bonchev–Trinajstić information content (AvgIpc) is 2.63. The number of carbonyl (C=O) groups is 2. The Hall–Kier alpha value is -3.09. The van der Waals surface area contributed by atoms with Crippen LogP contribution >= 0.6 is 0 Å². The van der Waals surface area contributed by atoms with Crippen LogP contribution < -0.4 is 20.1 Å². The van der Waals surface area contributed by atoms with Gasteiger partial charge in [-0.2, -0.15) is 0 Å². The minimum atomic E-state index is -0.571. The number of nitrogens with one attached hydrogen (secondary N) is 2. The third-order valence-electron chi connectivity index (χ3n) is 3.65. The number of rotatable bonds is 8. The van der Waals surface area contributed by atoms with E-state index in [9.17, 15) is 14.0 Å². The van der Waals surface area contributed by atoms with Crippen LogP contribution in [-0.4, -0.2) is 32.6 Å². The summed E-state index contributed by atoms with van der Waals surface area (Å²) < 4.78 is 23.9. The van der Waals surface area contributed by atoms with Crippen LogP contribution in [0.2, 0.25) is 0 Å². The van der Waals surface area contributed by atoms with Crippen molar-refractivity contribution in [2.24, 2.45) is 0 Å². The summed E-state index contributed by atoms with van der Waals surface area (Å²) in [6, 6.07) is 11.3. The molecular weight excluding hydrogens is 339 g/mol. The lowest BCUT2D eigenvalue weighted by molar-refractivity contribution is -0.126. The van der Waals surface area contributed by atoms with Crippen molar-refractivity contribution in [3.05, 3.63) is 53.8 Å². The molecule has 138 valence electrons. The van der Waals surface area contributed by atoms with Crippen molar-refractivity contribution in [1.82, 2.24) is 5.32 Å². The number of benzene rings is 2. The summed E-state index contributed by atoms with van der Waals surface area (Å²) in [5, 5.41) is 5.03. The van der Waals surface area contributed by atoms with Crippen molar-refractivity contribution < 1.29 is 23.5 Å². The van der Waals surface area contributed by atoms with E-state index in [2.05, 4.69) is 10.6 Å². The fourth-order valence-corrected chi connectivity index (χ4v) is 2.35. The summed E-state index contributed by atoms with van der Waals surface area (Å²) in [6.07, 6.45) is 0.196. The molecule has 0 aliphatic heterocycles. The first-order valence-corrected chi connectivity index (χ1v) is 8.05. The maximum atomic E-state index is 13.5. The molecule has 2 rings (SSSR count). The van der Waals surface area contributed by atoms with Gasteiger partial charge in [0.25, 0.3) is 0 Å². The third-order valence-corrected chi connectivity index (χ3v) is 3.65. The molecule has 2 aromatic carbocycles. The maximum absolute atomic E-state index is 13.5. The van der Waals surface area contributed by atoms with Crippen molar-refractivity contribution in [2.45, 2.75) is 12.8 Å². The van der Waals surface area contributed by atoms with Crippen molar-refractivity contribution in [3.8, 4) is 11.5 Å². The Morgan fingerprint density at radius 1 is 1.00 bits per heavy atom. The second kappa shape index (κ2) is 9.41. The molecule has 0 saturated heterocycles. The van der Waals surface area contributed by atoms with Crippen molar-refractivity contribution in [3.63, 3.8) is 0 Å². The quantitative estimate of drug-likeness (QED) is 0.710. The number of amides is 2. The number of para-hydroxylation sites is 1. The van der Waals surface area contributed by atoms with Crippen LogP contribution in [0.3, 0.4) is 0 Å². The molecule has 0 aromatic heterocycles. The van der Waals surface area contributed by atoms with E-state index in [-0.39, 0.29) is 12.1 Å². The average molecular weight is 360 g/mol. The molecule has 2 amide bonds. The molecule has 0 aliphatic rings. The topological polar surface area (TPSA) is 76.7 Å². The smallest absolute Gasteiger partial charge is 0.233 e. The normalized spacial score (nSPS) is 10.1. The molecule has 0 spiro atoms. The molecule has 0 saturated carbocycles. The number of methoxy groups -OCH3 is 2. The lowest BCUT2D eigenvalue weighted by atomic mass is 10.1. The van der Waals surface area contributed by atoms with E-state index < -0.39 is 17.6 Å². The Morgan fingerprint density at radius 3 is 2.42 bits per heavy atom. The number of anilines is 1. The number of hydrogen-bond acceptors (Lipinski definition) is 4. The first kappa shape index (κ1) is 19.2. The molecule has 26 heavy (non-hydrogen) atoms. The van der Waals surface area contributed by atoms with Crippen LogP contribution in [0, 0.1) is 5.82 Å². The first-order chi connectivity index (χ1) is 12.5. The molecule has 0 heterocycles. The standard InChI is InChI=1S/C19H21FN2O4/c1-25-16-8-7-13(11-17(16)26-2)9-10-21-18(23)12-19(24)22-15-6-4-3-5-14(15)20/h3-8,11H,9-10,12H2,1-2H3,(H,21,23)(H,22,24). The highest BCUT2D eigenvalue weighted by atomic mass is 19.1. The molecule has 7 heteroatoms. The molecule has 0 bridgehead atoms. The Bertz CT molecular complexity index is 780. The molecule has 2 aromatic rings. The van der Waals surface area contributed by atoms with E-state index in [0.29, 0.717) is 24.5 Å². The fourth-order valence-electron chi connectivity index (χ4n) is 2.35. The van der Waals surface area contributed by atoms with Crippen LogP contribution in [0.5, 0.6) is 11.5 Å². The molecule has 0 fully saturated rings. The predicted octanol–water partition coefficient (Wildman–Crippen LogP) is 2.53. The van der Waals surface area contributed by atoms with Gasteiger partial charge in [0.1, 0.15) is 12.2 Å². The van der Waals surface area contributed by atoms with Crippen LogP contribution in [0.4, 0.5) is 10.1 Å². The largest absolute Gasteiger partial charge is 0.493 e. The van der Waals surface area contributed by atoms with E-state index in [1.165, 1.54) is 18.2 Å². The highest BCUT2D eigenvalue weighted by Gasteiger charge is 2.11. The van der Waals surface area contributed by atoms with Crippen molar-refractivity contribution >= 4 is 17.5 Å². The zero-order valence-corrected chi connectivity index (χ0v) is 14.7. The summed E-state index contributed by atoms with van der Waals surface area (Å²) in [5.74, 6) is -0.307. The van der Waals surface area contributed by atoms with Gasteiger partial charge >= 0.3 is 0 Å². The highest BCUT2D eigenvalue weighted by Crippen LogP contribution is 2.27. The Labute approximate surface area is 151 Å². The van der Waals surface area contributed by atoms with Gasteiger partial charge in [-0.05, 0) is 36.2 Å². The van der Waals surface area contributed by atoms with Crippen LogP contribution in [0.15, 0.2) is 42.5 Å². The predicted molar refractivity (Wildman–Crippen MR) is 95.9 cm³/mol. The minimum Gasteiger partial charge on any atom is -0.493 e. The number of carbonyl (C=O) groups excluding carboxylic acids is 2. The second-order valence-electron chi connectivity index (χ2n) is 5.49. The summed E-state index contributed by atoms with van der Waals surface area (Å²) in [6.45, 7) is 0.362. The van der Waals surface area contributed by atoms with Crippen LogP contribution in [0.25, 0.3) is 0 Å². The highest BCUT2D eigenvalue weighted by molar-refractivity contribution is 6.03. The fraction of sp³-hybridized carbons (Fsp3) is 0.263. The third kappa shape index (κ3) is 5.47. The SMILES string of the molecule is COc1ccc(CCNC(=O)CC(=O)Nc2ccccc2F)cc1OC. The van der Waals surface area contributed by atoms with Crippen LogP contribution in [0.1, 0.15) is 12.0 Å². The second-order valence-corrected chi connectivity index (χ2v) is 5.49. The number of hydrogen-bond donors (Lipinski definition) is 2. The van der Waals surface area contributed by atoms with Crippen molar-refractivity contribution in [2.75, 3.05) is 26.1 Å². The van der Waals surface area contributed by atoms with Gasteiger partial charge in [0, 0.05) is 6.54 Å². The van der Waals surface area contributed by atoms with Gasteiger partial charge in [0.05, 0.1) is 19.9 Å².